The van der Waals surface area contributed by atoms with Gasteiger partial charge in [-0.2, -0.15) is 0 Å². The van der Waals surface area contributed by atoms with Crippen LogP contribution in [0, 0.1) is 0 Å². The second-order valence-corrected chi connectivity index (χ2v) is 4.36. The Morgan fingerprint density at radius 3 is 2.73 bits per heavy atom. The minimum atomic E-state index is 0.112. The van der Waals surface area contributed by atoms with Gasteiger partial charge in [0.15, 0.2) is 5.43 Å². The minimum absolute atomic E-state index is 0.112. The highest BCUT2D eigenvalue weighted by atomic mass is 32.1. The lowest BCUT2D eigenvalue weighted by Crippen LogP contribution is -2.02. The first-order valence-corrected chi connectivity index (χ1v) is 5.63. The molecule has 2 heteroatoms. The summed E-state index contributed by atoms with van der Waals surface area (Å²) in [5, 5.41) is 4.28. The summed E-state index contributed by atoms with van der Waals surface area (Å²) in [5.41, 5.74) is 0.959. The van der Waals surface area contributed by atoms with Crippen LogP contribution in [0.4, 0.5) is 0 Å². The summed E-state index contributed by atoms with van der Waals surface area (Å²) in [5.74, 6) is 0. The maximum Gasteiger partial charge on any atom is 0.187 e. The quantitative estimate of drug-likeness (QED) is 0.522. The highest BCUT2D eigenvalue weighted by molar-refractivity contribution is 7.14. The van der Waals surface area contributed by atoms with E-state index in [2.05, 4.69) is 5.38 Å². The molecule has 1 aromatic rings. The molecule has 1 aromatic carbocycles. The fourth-order valence-corrected chi connectivity index (χ4v) is 2.77. The average molecular weight is 212 g/mol. The molecule has 0 atom stereocenters. The molecule has 15 heavy (non-hydrogen) atoms. The number of hydrogen-bond donors (Lipinski definition) is 0. The van der Waals surface area contributed by atoms with Crippen molar-refractivity contribution in [3.05, 3.63) is 58.1 Å². The van der Waals surface area contributed by atoms with Crippen LogP contribution in [0.5, 0.6) is 0 Å². The summed E-state index contributed by atoms with van der Waals surface area (Å²) in [6, 6.07) is 13.4. The molecule has 1 aliphatic heterocycles. The van der Waals surface area contributed by atoms with Crippen molar-refractivity contribution >= 4 is 22.1 Å². The van der Waals surface area contributed by atoms with Crippen LogP contribution in [0.3, 0.4) is 0 Å². The lowest BCUT2D eigenvalue weighted by atomic mass is 10.1. The SMILES string of the molecule is O=c1cccc2scc3ccccc3c1-2. The zero-order chi connectivity index (χ0) is 10.3. The van der Waals surface area contributed by atoms with E-state index in [4.69, 9.17) is 0 Å². The van der Waals surface area contributed by atoms with Crippen LogP contribution in [0.2, 0.25) is 0 Å². The lowest BCUT2D eigenvalue weighted by molar-refractivity contribution is 1.61. The molecule has 72 valence electrons. The molecule has 0 spiro atoms. The number of hydrogen-bond acceptors (Lipinski definition) is 2. The molecule has 1 heterocycles. The van der Waals surface area contributed by atoms with Gasteiger partial charge in [0.1, 0.15) is 0 Å². The molecule has 0 amide bonds. The van der Waals surface area contributed by atoms with Gasteiger partial charge in [0.25, 0.3) is 0 Å². The van der Waals surface area contributed by atoms with Gasteiger partial charge >= 0.3 is 0 Å². The molecule has 1 nitrogen and oxygen atoms in total. The first kappa shape index (κ1) is 8.62. The van der Waals surface area contributed by atoms with E-state index in [-0.39, 0.29) is 5.43 Å². The molecule has 0 bridgehead atoms. The topological polar surface area (TPSA) is 17.1 Å². The predicted octanol–water partition coefficient (Wildman–Crippen LogP) is 3.37. The van der Waals surface area contributed by atoms with E-state index in [1.54, 1.807) is 17.4 Å². The van der Waals surface area contributed by atoms with Crippen molar-refractivity contribution in [2.24, 2.45) is 0 Å². The van der Waals surface area contributed by atoms with Crippen LogP contribution >= 0.6 is 11.3 Å². The molecule has 0 unspecified atom stereocenters. The van der Waals surface area contributed by atoms with Crippen molar-refractivity contribution in [1.29, 1.82) is 0 Å². The summed E-state index contributed by atoms with van der Waals surface area (Å²) in [6.45, 7) is 0. The van der Waals surface area contributed by atoms with Crippen LogP contribution in [-0.4, -0.2) is 0 Å². The van der Waals surface area contributed by atoms with Crippen LogP contribution in [0.25, 0.3) is 21.2 Å². The van der Waals surface area contributed by atoms with Crippen molar-refractivity contribution in [2.75, 3.05) is 0 Å². The Kier molecular flexibility index (Phi) is 1.82. The van der Waals surface area contributed by atoms with Gasteiger partial charge in [0, 0.05) is 10.4 Å². The van der Waals surface area contributed by atoms with Crippen LogP contribution in [0.15, 0.2) is 52.6 Å². The van der Waals surface area contributed by atoms with Gasteiger partial charge in [-0.05, 0) is 28.3 Å². The first-order chi connectivity index (χ1) is 7.36. The summed E-state index contributed by atoms with van der Waals surface area (Å²) in [4.78, 5) is 12.9. The third-order valence-electron chi connectivity index (χ3n) is 2.53. The van der Waals surface area contributed by atoms with Crippen LogP contribution in [-0.2, 0) is 0 Å². The predicted molar refractivity (Wildman–Crippen MR) is 64.7 cm³/mol. The molecule has 0 aromatic heterocycles. The molecule has 2 aliphatic rings. The maximum atomic E-state index is 11.8. The molecule has 0 N–H and O–H groups in total. The van der Waals surface area contributed by atoms with Gasteiger partial charge in [-0.25, -0.2) is 0 Å². The summed E-state index contributed by atoms with van der Waals surface area (Å²) >= 11 is 1.62. The summed E-state index contributed by atoms with van der Waals surface area (Å²) in [7, 11) is 0. The zero-order valence-corrected chi connectivity index (χ0v) is 8.75. The van der Waals surface area contributed by atoms with Gasteiger partial charge in [-0.15, -0.1) is 11.3 Å². The van der Waals surface area contributed by atoms with E-state index >= 15 is 0 Å². The fourth-order valence-electron chi connectivity index (χ4n) is 1.83. The van der Waals surface area contributed by atoms with Crippen molar-refractivity contribution in [2.45, 2.75) is 0 Å². The van der Waals surface area contributed by atoms with Gasteiger partial charge in [0.2, 0.25) is 0 Å². The van der Waals surface area contributed by atoms with E-state index < -0.39 is 0 Å². The van der Waals surface area contributed by atoms with E-state index in [9.17, 15) is 4.79 Å². The normalized spacial score (nSPS) is 10.9. The smallest absolute Gasteiger partial charge is 0.187 e. The number of fused-ring (bicyclic) bond motifs is 3. The van der Waals surface area contributed by atoms with Gasteiger partial charge < -0.3 is 0 Å². The van der Waals surface area contributed by atoms with Crippen LogP contribution < -0.4 is 5.43 Å². The van der Waals surface area contributed by atoms with Crippen molar-refractivity contribution in [3.8, 4) is 10.4 Å². The largest absolute Gasteiger partial charge is 0.289 e. The first-order valence-electron chi connectivity index (χ1n) is 4.75. The molecule has 3 rings (SSSR count). The highest BCUT2D eigenvalue weighted by Gasteiger charge is 2.09. The van der Waals surface area contributed by atoms with Gasteiger partial charge in [-0.1, -0.05) is 30.3 Å². The van der Waals surface area contributed by atoms with E-state index in [0.29, 0.717) is 0 Å². The Morgan fingerprint density at radius 1 is 0.933 bits per heavy atom. The van der Waals surface area contributed by atoms with Crippen LogP contribution in [0.1, 0.15) is 0 Å². The van der Waals surface area contributed by atoms with E-state index in [1.165, 1.54) is 0 Å². The molecular weight excluding hydrogens is 204 g/mol. The number of rotatable bonds is 0. The van der Waals surface area contributed by atoms with E-state index in [0.717, 1.165) is 21.2 Å². The second kappa shape index (κ2) is 3.17. The number of benzene rings is 2. The average Bonchev–Trinajstić information content (AvgIpc) is 2.29. The molecule has 0 fully saturated rings. The lowest BCUT2D eigenvalue weighted by Gasteiger charge is -2.06. The van der Waals surface area contributed by atoms with Gasteiger partial charge in [0.05, 0.1) is 0 Å². The van der Waals surface area contributed by atoms with Crippen molar-refractivity contribution in [3.63, 3.8) is 0 Å². The third-order valence-corrected chi connectivity index (χ3v) is 3.50. The van der Waals surface area contributed by atoms with E-state index in [1.807, 2.05) is 36.4 Å². The minimum Gasteiger partial charge on any atom is -0.289 e. The third kappa shape index (κ3) is 1.26. The Morgan fingerprint density at radius 2 is 1.80 bits per heavy atom. The van der Waals surface area contributed by atoms with Crippen molar-refractivity contribution < 1.29 is 0 Å². The molecule has 0 saturated heterocycles. The Bertz CT molecular complexity index is 654. The molecule has 0 saturated carbocycles. The molecule has 0 radical (unpaired) electrons. The highest BCUT2D eigenvalue weighted by Crippen LogP contribution is 2.31. The maximum absolute atomic E-state index is 11.8. The van der Waals surface area contributed by atoms with Gasteiger partial charge in [-0.3, -0.25) is 4.79 Å². The Hall–Kier alpha value is -1.67. The summed E-state index contributed by atoms with van der Waals surface area (Å²) < 4.78 is 0. The monoisotopic (exact) mass is 212 g/mol. The second-order valence-electron chi connectivity index (χ2n) is 3.45. The van der Waals surface area contributed by atoms with Crippen molar-refractivity contribution in [1.82, 2.24) is 0 Å². The standard InChI is InChI=1S/C13H8OS/c14-11-6-3-7-12-13(11)10-5-2-1-4-9(10)8-15-12/h1-8H. The molecule has 1 aliphatic carbocycles. The molecular formula is C13H8OS. The Labute approximate surface area is 91.0 Å². The zero-order valence-electron chi connectivity index (χ0n) is 7.94. The Balaban J connectivity index is 2.63. The fraction of sp³-hybridized carbons (Fsp3) is 0. The summed E-state index contributed by atoms with van der Waals surface area (Å²) in [6.07, 6.45) is 0.